The Hall–Kier alpha value is -0.740. The maximum Gasteiger partial charge on any atom is 0.143 e. The first-order valence-electron chi connectivity index (χ1n) is 3.91. The number of hydrogen-bond acceptors (Lipinski definition) is 3. The minimum Gasteiger partial charge on any atom is -0.489 e. The molecule has 0 unspecified atom stereocenters. The summed E-state index contributed by atoms with van der Waals surface area (Å²) in [7, 11) is 1.63. The van der Waals surface area contributed by atoms with E-state index in [2.05, 4.69) is 15.9 Å². The lowest BCUT2D eigenvalue weighted by Crippen LogP contribution is -2.05. The third-order valence-electron chi connectivity index (χ3n) is 1.56. The van der Waals surface area contributed by atoms with Crippen LogP contribution in [0.1, 0.15) is 0 Å². The Morgan fingerprint density at radius 3 is 2.85 bits per heavy atom. The van der Waals surface area contributed by atoms with Crippen LogP contribution in [-0.4, -0.2) is 20.3 Å². The van der Waals surface area contributed by atoms with Crippen LogP contribution in [0, 0.1) is 0 Å². The largest absolute Gasteiger partial charge is 0.489 e. The van der Waals surface area contributed by atoms with Crippen molar-refractivity contribution in [1.82, 2.24) is 0 Å². The van der Waals surface area contributed by atoms with E-state index in [1.807, 2.05) is 18.2 Å². The molecular formula is C9H12BrNO2. The standard InChI is InChI=1S/C9H12BrNO2/c1-12-5-6-13-8-4-2-3-7(10)9(8)11/h2-4H,5-6,11H2,1H3. The van der Waals surface area contributed by atoms with E-state index in [4.69, 9.17) is 15.2 Å². The first-order chi connectivity index (χ1) is 6.25. The van der Waals surface area contributed by atoms with Gasteiger partial charge in [0.05, 0.1) is 12.3 Å². The molecule has 0 aromatic heterocycles. The fourth-order valence-electron chi connectivity index (χ4n) is 0.878. The van der Waals surface area contributed by atoms with Gasteiger partial charge in [-0.05, 0) is 28.1 Å². The molecule has 2 N–H and O–H groups in total. The number of hydrogen-bond donors (Lipinski definition) is 1. The molecule has 72 valence electrons. The number of rotatable bonds is 4. The van der Waals surface area contributed by atoms with Crippen molar-refractivity contribution in [2.75, 3.05) is 26.1 Å². The van der Waals surface area contributed by atoms with Crippen LogP contribution in [0.2, 0.25) is 0 Å². The lowest BCUT2D eigenvalue weighted by molar-refractivity contribution is 0.146. The fourth-order valence-corrected chi connectivity index (χ4v) is 1.23. The number of anilines is 1. The van der Waals surface area contributed by atoms with Gasteiger partial charge in [0.1, 0.15) is 12.4 Å². The second kappa shape index (κ2) is 5.09. The number of nitrogen functional groups attached to an aromatic ring is 1. The van der Waals surface area contributed by atoms with Crippen molar-refractivity contribution >= 4 is 21.6 Å². The van der Waals surface area contributed by atoms with Crippen molar-refractivity contribution in [3.63, 3.8) is 0 Å². The summed E-state index contributed by atoms with van der Waals surface area (Å²) < 4.78 is 11.1. The summed E-state index contributed by atoms with van der Waals surface area (Å²) >= 11 is 3.32. The highest BCUT2D eigenvalue weighted by molar-refractivity contribution is 9.10. The van der Waals surface area contributed by atoms with Crippen molar-refractivity contribution in [3.05, 3.63) is 22.7 Å². The van der Waals surface area contributed by atoms with Gasteiger partial charge in [0.15, 0.2) is 0 Å². The zero-order valence-electron chi connectivity index (χ0n) is 7.42. The van der Waals surface area contributed by atoms with Gasteiger partial charge in [-0.25, -0.2) is 0 Å². The van der Waals surface area contributed by atoms with Gasteiger partial charge in [0, 0.05) is 11.6 Å². The SMILES string of the molecule is COCCOc1cccc(Br)c1N. The second-order valence-electron chi connectivity index (χ2n) is 2.49. The Morgan fingerprint density at radius 1 is 1.38 bits per heavy atom. The van der Waals surface area contributed by atoms with E-state index >= 15 is 0 Å². The van der Waals surface area contributed by atoms with Crippen LogP contribution in [-0.2, 0) is 4.74 Å². The Morgan fingerprint density at radius 2 is 2.15 bits per heavy atom. The lowest BCUT2D eigenvalue weighted by Gasteiger charge is -2.08. The van der Waals surface area contributed by atoms with Crippen molar-refractivity contribution in [2.45, 2.75) is 0 Å². The Bertz CT molecular complexity index is 278. The van der Waals surface area contributed by atoms with Crippen LogP contribution in [0.25, 0.3) is 0 Å². The number of benzene rings is 1. The van der Waals surface area contributed by atoms with Gasteiger partial charge >= 0.3 is 0 Å². The molecule has 0 spiro atoms. The molecule has 1 aromatic rings. The molecule has 1 aromatic carbocycles. The van der Waals surface area contributed by atoms with Gasteiger partial charge in [-0.15, -0.1) is 0 Å². The highest BCUT2D eigenvalue weighted by Gasteiger charge is 2.02. The highest BCUT2D eigenvalue weighted by Crippen LogP contribution is 2.28. The molecule has 0 fully saturated rings. The summed E-state index contributed by atoms with van der Waals surface area (Å²) in [6.45, 7) is 1.07. The molecule has 0 bridgehead atoms. The third-order valence-corrected chi connectivity index (χ3v) is 2.25. The molecule has 1 rings (SSSR count). The molecular weight excluding hydrogens is 234 g/mol. The van der Waals surface area contributed by atoms with E-state index in [1.165, 1.54) is 0 Å². The molecule has 0 aliphatic heterocycles. The van der Waals surface area contributed by atoms with E-state index in [0.29, 0.717) is 24.7 Å². The van der Waals surface area contributed by atoms with Gasteiger partial charge in [-0.2, -0.15) is 0 Å². The molecule has 0 saturated heterocycles. The first kappa shape index (κ1) is 10.3. The number of nitrogens with two attached hydrogens (primary N) is 1. The summed E-state index contributed by atoms with van der Waals surface area (Å²) in [5, 5.41) is 0. The minimum atomic E-state index is 0.511. The highest BCUT2D eigenvalue weighted by atomic mass is 79.9. The maximum absolute atomic E-state index is 5.75. The maximum atomic E-state index is 5.75. The molecule has 3 nitrogen and oxygen atoms in total. The van der Waals surface area contributed by atoms with Crippen molar-refractivity contribution in [1.29, 1.82) is 0 Å². The quantitative estimate of drug-likeness (QED) is 0.653. The molecule has 0 atom stereocenters. The predicted molar refractivity (Wildman–Crippen MR) is 55.9 cm³/mol. The summed E-state index contributed by atoms with van der Waals surface area (Å²) in [6, 6.07) is 5.58. The minimum absolute atomic E-state index is 0.511. The zero-order chi connectivity index (χ0) is 9.68. The number of halogens is 1. The van der Waals surface area contributed by atoms with Crippen molar-refractivity contribution < 1.29 is 9.47 Å². The number of methoxy groups -OCH3 is 1. The van der Waals surface area contributed by atoms with Crippen LogP contribution < -0.4 is 10.5 Å². The van der Waals surface area contributed by atoms with E-state index in [1.54, 1.807) is 7.11 Å². The second-order valence-corrected chi connectivity index (χ2v) is 3.35. The van der Waals surface area contributed by atoms with E-state index in [0.717, 1.165) is 4.47 Å². The summed E-state index contributed by atoms with van der Waals surface area (Å²) in [6.07, 6.45) is 0. The summed E-state index contributed by atoms with van der Waals surface area (Å²) in [4.78, 5) is 0. The van der Waals surface area contributed by atoms with Crippen LogP contribution in [0.15, 0.2) is 22.7 Å². The third kappa shape index (κ3) is 2.90. The Balaban J connectivity index is 2.61. The van der Waals surface area contributed by atoms with Gasteiger partial charge in [0.25, 0.3) is 0 Å². The average molecular weight is 246 g/mol. The van der Waals surface area contributed by atoms with E-state index in [-0.39, 0.29) is 0 Å². The fraction of sp³-hybridized carbons (Fsp3) is 0.333. The average Bonchev–Trinajstić information content (AvgIpc) is 2.13. The monoisotopic (exact) mass is 245 g/mol. The number of ether oxygens (including phenoxy) is 2. The van der Waals surface area contributed by atoms with Crippen LogP contribution in [0.3, 0.4) is 0 Å². The Kier molecular flexibility index (Phi) is 4.05. The van der Waals surface area contributed by atoms with Gasteiger partial charge in [-0.3, -0.25) is 0 Å². The molecule has 0 aliphatic rings. The van der Waals surface area contributed by atoms with Crippen LogP contribution >= 0.6 is 15.9 Å². The van der Waals surface area contributed by atoms with E-state index in [9.17, 15) is 0 Å². The predicted octanol–water partition coefficient (Wildman–Crippen LogP) is 2.06. The molecule has 0 radical (unpaired) electrons. The molecule has 0 heterocycles. The Labute approximate surface area is 86.0 Å². The first-order valence-corrected chi connectivity index (χ1v) is 4.70. The molecule has 0 amide bonds. The normalized spacial score (nSPS) is 10.0. The molecule has 0 saturated carbocycles. The van der Waals surface area contributed by atoms with E-state index < -0.39 is 0 Å². The molecule has 13 heavy (non-hydrogen) atoms. The van der Waals surface area contributed by atoms with Gasteiger partial charge < -0.3 is 15.2 Å². The molecule has 4 heteroatoms. The lowest BCUT2D eigenvalue weighted by atomic mass is 10.3. The van der Waals surface area contributed by atoms with Gasteiger partial charge in [0.2, 0.25) is 0 Å². The smallest absolute Gasteiger partial charge is 0.143 e. The summed E-state index contributed by atoms with van der Waals surface area (Å²) in [5.41, 5.74) is 6.38. The number of para-hydroxylation sites is 1. The molecule has 0 aliphatic carbocycles. The zero-order valence-corrected chi connectivity index (χ0v) is 9.00. The van der Waals surface area contributed by atoms with Crippen molar-refractivity contribution in [3.8, 4) is 5.75 Å². The summed E-state index contributed by atoms with van der Waals surface area (Å²) in [5.74, 6) is 0.687. The topological polar surface area (TPSA) is 44.5 Å². The van der Waals surface area contributed by atoms with Crippen molar-refractivity contribution in [2.24, 2.45) is 0 Å². The van der Waals surface area contributed by atoms with Crippen LogP contribution in [0.4, 0.5) is 5.69 Å². The van der Waals surface area contributed by atoms with Gasteiger partial charge in [-0.1, -0.05) is 6.07 Å². The van der Waals surface area contributed by atoms with Crippen LogP contribution in [0.5, 0.6) is 5.75 Å².